The molecule has 0 amide bonds. The van der Waals surface area contributed by atoms with Crippen molar-refractivity contribution in [1.29, 1.82) is 0 Å². The number of nitro groups is 1. The van der Waals surface area contributed by atoms with E-state index in [2.05, 4.69) is 4.98 Å². The van der Waals surface area contributed by atoms with Crippen molar-refractivity contribution in [2.45, 2.75) is 4.90 Å². The number of nitrogens with zero attached hydrogens (tertiary/aromatic N) is 4. The first-order chi connectivity index (χ1) is 16.3. The summed E-state index contributed by atoms with van der Waals surface area (Å²) in [5, 5.41) is 11.7. The Morgan fingerprint density at radius 2 is 1.62 bits per heavy atom. The van der Waals surface area contributed by atoms with Gasteiger partial charge in [0.2, 0.25) is 0 Å². The number of benzene rings is 3. The second-order valence-corrected chi connectivity index (χ2v) is 9.08. The number of hydrogen-bond donors (Lipinski definition) is 0. The minimum absolute atomic E-state index is 0.0146. The highest BCUT2D eigenvalue weighted by atomic mass is 32.2. The molecule has 0 radical (unpaired) electrons. The summed E-state index contributed by atoms with van der Waals surface area (Å²) in [6.07, 6.45) is 1.44. The SMILES string of the molecule is O=C(c1cccc([N+](=O)[O-])c1)n1c(=O)n(S(=O)(=O)c2cccc3cccnc23)c2ccccc21. The summed E-state index contributed by atoms with van der Waals surface area (Å²) in [7, 11) is -4.48. The lowest BCUT2D eigenvalue weighted by Crippen LogP contribution is -2.33. The minimum Gasteiger partial charge on any atom is -0.268 e. The maximum Gasteiger partial charge on any atom is 0.350 e. The van der Waals surface area contributed by atoms with Crippen molar-refractivity contribution in [3.8, 4) is 0 Å². The van der Waals surface area contributed by atoms with Crippen LogP contribution in [0.15, 0.2) is 94.7 Å². The average Bonchev–Trinajstić information content (AvgIpc) is 3.15. The van der Waals surface area contributed by atoms with Crippen LogP contribution in [0.25, 0.3) is 21.9 Å². The van der Waals surface area contributed by atoms with E-state index in [0.717, 1.165) is 6.07 Å². The van der Waals surface area contributed by atoms with Crippen LogP contribution in [0.2, 0.25) is 0 Å². The molecular weight excluding hydrogens is 460 g/mol. The van der Waals surface area contributed by atoms with Crippen LogP contribution < -0.4 is 5.69 Å². The predicted octanol–water partition coefficient (Wildman–Crippen LogP) is 3.18. The fourth-order valence-corrected chi connectivity index (χ4v) is 5.38. The zero-order valence-corrected chi connectivity index (χ0v) is 18.0. The summed E-state index contributed by atoms with van der Waals surface area (Å²) in [5.74, 6) is -0.894. The van der Waals surface area contributed by atoms with Gasteiger partial charge in [0.15, 0.2) is 0 Å². The molecule has 2 heterocycles. The van der Waals surface area contributed by atoms with Crippen LogP contribution in [-0.2, 0) is 10.0 Å². The van der Waals surface area contributed by atoms with Crippen LogP contribution in [-0.4, -0.2) is 32.8 Å². The smallest absolute Gasteiger partial charge is 0.268 e. The number of hydrogen-bond acceptors (Lipinski definition) is 7. The molecule has 0 saturated carbocycles. The summed E-state index contributed by atoms with van der Waals surface area (Å²) < 4.78 is 28.7. The van der Waals surface area contributed by atoms with E-state index in [0.29, 0.717) is 13.9 Å². The van der Waals surface area contributed by atoms with E-state index in [-0.39, 0.29) is 32.7 Å². The van der Waals surface area contributed by atoms with Gasteiger partial charge in [0.1, 0.15) is 4.90 Å². The van der Waals surface area contributed by atoms with Crippen LogP contribution >= 0.6 is 0 Å². The molecule has 11 heteroatoms. The number of aromatic nitrogens is 3. The fraction of sp³-hybridized carbons (Fsp3) is 0. The summed E-state index contributed by atoms with van der Waals surface area (Å²) in [6, 6.07) is 18.7. The van der Waals surface area contributed by atoms with E-state index < -0.39 is 26.5 Å². The Kier molecular flexibility index (Phi) is 4.83. The molecule has 5 aromatic rings. The Hall–Kier alpha value is -4.64. The van der Waals surface area contributed by atoms with Crippen molar-refractivity contribution in [2.75, 3.05) is 0 Å². The van der Waals surface area contributed by atoms with Gasteiger partial charge in [0.25, 0.3) is 21.6 Å². The summed E-state index contributed by atoms with van der Waals surface area (Å²) in [4.78, 5) is 41.1. The van der Waals surface area contributed by atoms with Crippen LogP contribution in [0, 0.1) is 10.1 Å². The second-order valence-electron chi connectivity index (χ2n) is 7.32. The molecule has 0 fully saturated rings. The number of non-ortho nitro benzene ring substituents is 1. The third-order valence-electron chi connectivity index (χ3n) is 5.33. The van der Waals surface area contributed by atoms with Crippen molar-refractivity contribution < 1.29 is 18.1 Å². The number of para-hydroxylation sites is 3. The molecule has 0 atom stereocenters. The van der Waals surface area contributed by atoms with Crippen LogP contribution in [0.5, 0.6) is 0 Å². The molecule has 5 rings (SSSR count). The largest absolute Gasteiger partial charge is 0.350 e. The van der Waals surface area contributed by atoms with Crippen LogP contribution in [0.4, 0.5) is 5.69 Å². The van der Waals surface area contributed by atoms with Crippen LogP contribution in [0.3, 0.4) is 0 Å². The molecule has 0 aliphatic heterocycles. The van der Waals surface area contributed by atoms with E-state index in [4.69, 9.17) is 0 Å². The molecule has 0 spiro atoms. The maximum absolute atomic E-state index is 13.7. The van der Waals surface area contributed by atoms with Gasteiger partial charge >= 0.3 is 5.69 Å². The van der Waals surface area contributed by atoms with Gasteiger partial charge in [-0.3, -0.25) is 19.9 Å². The first-order valence-electron chi connectivity index (χ1n) is 9.91. The van der Waals surface area contributed by atoms with E-state index in [1.54, 1.807) is 24.3 Å². The zero-order valence-electron chi connectivity index (χ0n) is 17.2. The molecule has 0 aliphatic carbocycles. The molecule has 34 heavy (non-hydrogen) atoms. The number of carbonyl (C=O) groups excluding carboxylic acids is 1. The van der Waals surface area contributed by atoms with Crippen molar-refractivity contribution in [3.63, 3.8) is 0 Å². The first kappa shape index (κ1) is 21.2. The first-order valence-corrected chi connectivity index (χ1v) is 11.4. The molecule has 2 aromatic heterocycles. The van der Waals surface area contributed by atoms with Gasteiger partial charge in [0, 0.05) is 29.3 Å². The minimum atomic E-state index is -4.48. The van der Waals surface area contributed by atoms with Crippen molar-refractivity contribution >= 4 is 43.6 Å². The lowest BCUT2D eigenvalue weighted by molar-refractivity contribution is -0.384. The third-order valence-corrected chi connectivity index (χ3v) is 7.05. The average molecular weight is 474 g/mol. The quantitative estimate of drug-likeness (QED) is 0.288. The number of imidazole rings is 1. The van der Waals surface area contributed by atoms with Crippen LogP contribution in [0.1, 0.15) is 10.4 Å². The Bertz CT molecular complexity index is 1800. The van der Waals surface area contributed by atoms with Gasteiger partial charge in [0.05, 0.1) is 21.5 Å². The van der Waals surface area contributed by atoms with Crippen molar-refractivity contribution in [3.05, 3.63) is 111 Å². The highest BCUT2D eigenvalue weighted by molar-refractivity contribution is 7.90. The van der Waals surface area contributed by atoms with Crippen molar-refractivity contribution in [2.24, 2.45) is 0 Å². The number of pyridine rings is 1. The molecule has 168 valence electrons. The molecule has 0 aliphatic rings. The molecular formula is C23H14N4O6S. The van der Waals surface area contributed by atoms with Gasteiger partial charge in [-0.25, -0.2) is 17.8 Å². The lowest BCUT2D eigenvalue weighted by Gasteiger charge is -2.08. The molecule has 0 N–H and O–H groups in total. The number of nitro benzene ring substituents is 1. The third kappa shape index (κ3) is 3.18. The topological polar surface area (TPSA) is 134 Å². The number of fused-ring (bicyclic) bond motifs is 2. The van der Waals surface area contributed by atoms with E-state index in [9.17, 15) is 28.1 Å². The summed E-state index contributed by atoms with van der Waals surface area (Å²) in [5.41, 5.74) is -1.38. The number of carbonyl (C=O) groups is 1. The van der Waals surface area contributed by atoms with Crippen molar-refractivity contribution in [1.82, 2.24) is 13.5 Å². The normalized spacial score (nSPS) is 11.6. The van der Waals surface area contributed by atoms with Gasteiger partial charge in [-0.05, 0) is 30.3 Å². The van der Waals surface area contributed by atoms with E-state index >= 15 is 0 Å². The highest BCUT2D eigenvalue weighted by Crippen LogP contribution is 2.25. The van der Waals surface area contributed by atoms with E-state index in [1.807, 2.05) is 0 Å². The summed E-state index contributed by atoms with van der Waals surface area (Å²) in [6.45, 7) is 0. The van der Waals surface area contributed by atoms with Gasteiger partial charge < -0.3 is 0 Å². The molecule has 3 aromatic carbocycles. The fourth-order valence-electron chi connectivity index (χ4n) is 3.81. The van der Waals surface area contributed by atoms with Gasteiger partial charge in [-0.15, -0.1) is 0 Å². The Balaban J connectivity index is 1.79. The van der Waals surface area contributed by atoms with Gasteiger partial charge in [-0.1, -0.05) is 36.4 Å². The molecule has 10 nitrogen and oxygen atoms in total. The molecule has 0 unspecified atom stereocenters. The predicted molar refractivity (Wildman–Crippen MR) is 123 cm³/mol. The Morgan fingerprint density at radius 3 is 2.38 bits per heavy atom. The van der Waals surface area contributed by atoms with E-state index in [1.165, 1.54) is 54.7 Å². The lowest BCUT2D eigenvalue weighted by atomic mass is 10.2. The number of rotatable bonds is 4. The summed E-state index contributed by atoms with van der Waals surface area (Å²) >= 11 is 0. The zero-order chi connectivity index (χ0) is 24.0. The standard InChI is InChI=1S/C23H14N4O6S/c28-22(16-7-3-9-17(14-16)27(30)31)25-18-10-1-2-11-19(18)26(23(25)29)34(32,33)20-12-4-6-15-8-5-13-24-21(15)20/h1-14H. The Labute approximate surface area is 191 Å². The highest BCUT2D eigenvalue weighted by Gasteiger charge is 2.29. The second kappa shape index (κ2) is 7.74. The Morgan fingerprint density at radius 1 is 0.912 bits per heavy atom. The maximum atomic E-state index is 13.7. The monoisotopic (exact) mass is 474 g/mol. The molecule has 0 bridgehead atoms. The molecule has 0 saturated heterocycles. The van der Waals surface area contributed by atoms with Gasteiger partial charge in [-0.2, -0.15) is 3.97 Å².